The summed E-state index contributed by atoms with van der Waals surface area (Å²) in [4.78, 5) is 24.9. The van der Waals surface area contributed by atoms with Crippen LogP contribution in [0.1, 0.15) is 13.8 Å². The van der Waals surface area contributed by atoms with Crippen molar-refractivity contribution in [3.05, 3.63) is 23.2 Å². The normalized spacial score (nSPS) is 18.3. The molecule has 0 aliphatic carbocycles. The molecular formula is C12H13ClN2O4S. The third kappa shape index (κ3) is 2.38. The lowest BCUT2D eigenvalue weighted by Crippen LogP contribution is -2.40. The Morgan fingerprint density at radius 3 is 2.25 bits per heavy atom. The second-order valence-corrected chi connectivity index (χ2v) is 7.50. The predicted molar refractivity (Wildman–Crippen MR) is 74.7 cm³/mol. The summed E-state index contributed by atoms with van der Waals surface area (Å²) in [6, 6.07) is 3.28. The van der Waals surface area contributed by atoms with Crippen molar-refractivity contribution >= 4 is 39.1 Å². The summed E-state index contributed by atoms with van der Waals surface area (Å²) >= 11 is 6.00. The molecule has 1 aliphatic rings. The zero-order chi connectivity index (χ0) is 15.3. The molecule has 1 N–H and O–H groups in total. The minimum absolute atomic E-state index is 0.0223. The SMILES string of the molecule is CC1(C)NC(=O)N(c2ccc(S(C)(=O)=O)cc2Cl)C1=O. The van der Waals surface area contributed by atoms with E-state index in [9.17, 15) is 18.0 Å². The molecule has 1 fully saturated rings. The lowest BCUT2D eigenvalue weighted by molar-refractivity contribution is -0.121. The number of sulfone groups is 1. The lowest BCUT2D eigenvalue weighted by atomic mass is 10.1. The minimum Gasteiger partial charge on any atom is -0.323 e. The van der Waals surface area contributed by atoms with E-state index in [1.54, 1.807) is 13.8 Å². The van der Waals surface area contributed by atoms with E-state index >= 15 is 0 Å². The largest absolute Gasteiger partial charge is 0.329 e. The van der Waals surface area contributed by atoms with Gasteiger partial charge in [-0.05, 0) is 32.0 Å². The van der Waals surface area contributed by atoms with E-state index in [0.717, 1.165) is 11.2 Å². The van der Waals surface area contributed by atoms with Crippen LogP contribution in [0.5, 0.6) is 0 Å². The Hall–Kier alpha value is -1.60. The number of amides is 3. The number of carbonyl (C=O) groups excluding carboxylic acids is 2. The molecular weight excluding hydrogens is 304 g/mol. The Labute approximate surface area is 121 Å². The number of hydrogen-bond acceptors (Lipinski definition) is 4. The molecule has 0 atom stereocenters. The summed E-state index contributed by atoms with van der Waals surface area (Å²) in [5.41, 5.74) is -0.859. The van der Waals surface area contributed by atoms with Crippen LogP contribution in [0.15, 0.2) is 23.1 Å². The summed E-state index contributed by atoms with van der Waals surface area (Å²) in [5.74, 6) is -0.448. The van der Waals surface area contributed by atoms with Gasteiger partial charge in [-0.1, -0.05) is 11.6 Å². The molecule has 0 unspecified atom stereocenters. The second-order valence-electron chi connectivity index (χ2n) is 5.08. The van der Waals surface area contributed by atoms with Gasteiger partial charge in [0.25, 0.3) is 5.91 Å². The van der Waals surface area contributed by atoms with Crippen molar-refractivity contribution < 1.29 is 18.0 Å². The van der Waals surface area contributed by atoms with Crippen LogP contribution in [-0.2, 0) is 14.6 Å². The number of imide groups is 1. The van der Waals surface area contributed by atoms with E-state index in [-0.39, 0.29) is 15.6 Å². The van der Waals surface area contributed by atoms with Crippen LogP contribution in [0.3, 0.4) is 0 Å². The van der Waals surface area contributed by atoms with Gasteiger partial charge in [-0.2, -0.15) is 0 Å². The Kier molecular flexibility index (Phi) is 3.30. The van der Waals surface area contributed by atoms with Crippen molar-refractivity contribution in [2.24, 2.45) is 0 Å². The maximum atomic E-state index is 12.1. The zero-order valence-corrected chi connectivity index (χ0v) is 12.7. The van der Waals surface area contributed by atoms with Gasteiger partial charge in [0.05, 0.1) is 15.6 Å². The topological polar surface area (TPSA) is 83.6 Å². The molecule has 0 aromatic heterocycles. The smallest absolute Gasteiger partial charge is 0.323 e. The number of rotatable bonds is 2. The Bertz CT molecular complexity index is 712. The summed E-state index contributed by atoms with van der Waals surface area (Å²) in [6.07, 6.45) is 1.05. The molecule has 1 aliphatic heterocycles. The Morgan fingerprint density at radius 1 is 1.25 bits per heavy atom. The van der Waals surface area contributed by atoms with Crippen LogP contribution < -0.4 is 10.2 Å². The van der Waals surface area contributed by atoms with Gasteiger partial charge in [-0.3, -0.25) is 4.79 Å². The molecule has 0 bridgehead atoms. The van der Waals surface area contributed by atoms with E-state index in [0.29, 0.717) is 0 Å². The molecule has 1 saturated heterocycles. The van der Waals surface area contributed by atoms with E-state index in [1.807, 2.05) is 0 Å². The number of nitrogens with one attached hydrogen (secondary N) is 1. The van der Waals surface area contributed by atoms with Crippen LogP contribution in [-0.4, -0.2) is 32.2 Å². The molecule has 8 heteroatoms. The van der Waals surface area contributed by atoms with Crippen LogP contribution in [0.25, 0.3) is 0 Å². The number of benzene rings is 1. The van der Waals surface area contributed by atoms with Gasteiger partial charge in [0, 0.05) is 6.26 Å². The molecule has 1 heterocycles. The number of urea groups is 1. The molecule has 1 aromatic rings. The molecule has 20 heavy (non-hydrogen) atoms. The number of nitrogens with zero attached hydrogens (tertiary/aromatic N) is 1. The number of carbonyl (C=O) groups is 2. The second kappa shape index (κ2) is 4.46. The molecule has 3 amide bonds. The zero-order valence-electron chi connectivity index (χ0n) is 11.1. The van der Waals surface area contributed by atoms with Gasteiger partial charge in [0.15, 0.2) is 9.84 Å². The summed E-state index contributed by atoms with van der Waals surface area (Å²) in [6.45, 7) is 3.15. The standard InChI is InChI=1S/C12H13ClN2O4S/c1-12(2)10(16)15(11(17)14-12)9-5-4-7(6-8(9)13)20(3,18)19/h4-6H,1-3H3,(H,14,17). The lowest BCUT2D eigenvalue weighted by Gasteiger charge is -2.17. The van der Waals surface area contributed by atoms with Crippen LogP contribution >= 0.6 is 11.6 Å². The van der Waals surface area contributed by atoms with E-state index < -0.39 is 27.3 Å². The first-order valence-corrected chi connectivity index (χ1v) is 7.97. The molecule has 6 nitrogen and oxygen atoms in total. The summed E-state index contributed by atoms with van der Waals surface area (Å²) < 4.78 is 22.9. The Morgan fingerprint density at radius 2 is 1.85 bits per heavy atom. The molecule has 108 valence electrons. The van der Waals surface area contributed by atoms with Crippen LogP contribution in [0.4, 0.5) is 10.5 Å². The van der Waals surface area contributed by atoms with Gasteiger partial charge >= 0.3 is 6.03 Å². The summed E-state index contributed by atoms with van der Waals surface area (Å²) in [7, 11) is -3.40. The fraction of sp³-hybridized carbons (Fsp3) is 0.333. The first-order valence-electron chi connectivity index (χ1n) is 5.70. The highest BCUT2D eigenvalue weighted by atomic mass is 35.5. The highest BCUT2D eigenvalue weighted by molar-refractivity contribution is 7.90. The van der Waals surface area contributed by atoms with Gasteiger partial charge < -0.3 is 5.32 Å². The predicted octanol–water partition coefficient (Wildman–Crippen LogP) is 1.58. The average molecular weight is 317 g/mol. The van der Waals surface area contributed by atoms with Crippen molar-refractivity contribution in [3.8, 4) is 0 Å². The van der Waals surface area contributed by atoms with Crippen LogP contribution in [0, 0.1) is 0 Å². The quantitative estimate of drug-likeness (QED) is 0.840. The monoisotopic (exact) mass is 316 g/mol. The van der Waals surface area contributed by atoms with Crippen molar-refractivity contribution in [1.82, 2.24) is 5.32 Å². The summed E-state index contributed by atoms with van der Waals surface area (Å²) in [5, 5.41) is 2.55. The average Bonchev–Trinajstić information content (AvgIpc) is 2.48. The number of hydrogen-bond donors (Lipinski definition) is 1. The van der Waals surface area contributed by atoms with E-state index in [2.05, 4.69) is 5.32 Å². The van der Waals surface area contributed by atoms with Crippen molar-refractivity contribution in [3.63, 3.8) is 0 Å². The van der Waals surface area contributed by atoms with Gasteiger partial charge in [0.1, 0.15) is 5.54 Å². The third-order valence-electron chi connectivity index (χ3n) is 2.95. The van der Waals surface area contributed by atoms with Crippen molar-refractivity contribution in [1.29, 1.82) is 0 Å². The Balaban J connectivity index is 2.50. The maximum Gasteiger partial charge on any atom is 0.329 e. The molecule has 0 spiro atoms. The third-order valence-corrected chi connectivity index (χ3v) is 4.36. The highest BCUT2D eigenvalue weighted by Gasteiger charge is 2.45. The number of halogens is 1. The van der Waals surface area contributed by atoms with E-state index in [1.165, 1.54) is 18.2 Å². The van der Waals surface area contributed by atoms with Crippen LogP contribution in [0.2, 0.25) is 5.02 Å². The minimum atomic E-state index is -3.40. The van der Waals surface area contributed by atoms with Gasteiger partial charge in [0.2, 0.25) is 0 Å². The fourth-order valence-electron chi connectivity index (χ4n) is 1.87. The van der Waals surface area contributed by atoms with Crippen molar-refractivity contribution in [2.75, 3.05) is 11.2 Å². The highest BCUT2D eigenvalue weighted by Crippen LogP contribution is 2.32. The maximum absolute atomic E-state index is 12.1. The van der Waals surface area contributed by atoms with Crippen molar-refractivity contribution in [2.45, 2.75) is 24.3 Å². The first-order chi connectivity index (χ1) is 9.04. The molecule has 1 aromatic carbocycles. The van der Waals surface area contributed by atoms with E-state index in [4.69, 9.17) is 11.6 Å². The molecule has 0 saturated carbocycles. The number of anilines is 1. The molecule has 0 radical (unpaired) electrons. The first kappa shape index (κ1) is 14.8. The molecule has 2 rings (SSSR count). The fourth-order valence-corrected chi connectivity index (χ4v) is 2.84. The van der Waals surface area contributed by atoms with Gasteiger partial charge in [-0.15, -0.1) is 0 Å². The van der Waals surface area contributed by atoms with Gasteiger partial charge in [-0.25, -0.2) is 18.1 Å².